The van der Waals surface area contributed by atoms with E-state index < -0.39 is 5.60 Å². The lowest BCUT2D eigenvalue weighted by atomic mass is 9.89. The minimum atomic E-state index is -0.407. The third-order valence-electron chi connectivity index (χ3n) is 3.22. The first-order valence-corrected chi connectivity index (χ1v) is 6.38. The van der Waals surface area contributed by atoms with E-state index in [1.54, 1.807) is 0 Å². The van der Waals surface area contributed by atoms with Gasteiger partial charge in [-0.25, -0.2) is 0 Å². The van der Waals surface area contributed by atoms with Crippen LogP contribution >= 0.6 is 0 Å². The first-order valence-electron chi connectivity index (χ1n) is 6.38. The predicted octanol–water partition coefficient (Wildman–Crippen LogP) is 2.55. The minimum absolute atomic E-state index is 0.407. The topological polar surface area (TPSA) is 23.5 Å². The van der Waals surface area contributed by atoms with Crippen LogP contribution < -0.4 is 0 Å². The van der Waals surface area contributed by atoms with Gasteiger partial charge in [0.2, 0.25) is 0 Å². The van der Waals surface area contributed by atoms with E-state index in [9.17, 15) is 5.11 Å². The smallest absolute Gasteiger partial charge is 0.0900 e. The molecular formula is C15H21NO. The van der Waals surface area contributed by atoms with Gasteiger partial charge in [0.25, 0.3) is 0 Å². The van der Waals surface area contributed by atoms with Crippen molar-refractivity contribution < 1.29 is 5.11 Å². The molecule has 17 heavy (non-hydrogen) atoms. The van der Waals surface area contributed by atoms with Gasteiger partial charge in [-0.15, -0.1) is 0 Å². The van der Waals surface area contributed by atoms with Gasteiger partial charge in [0.05, 0.1) is 5.60 Å². The number of hydrogen-bond acceptors (Lipinski definition) is 2. The zero-order chi connectivity index (χ0) is 12.1. The first-order chi connectivity index (χ1) is 8.22. The molecule has 1 fully saturated rings. The first kappa shape index (κ1) is 12.3. The number of aliphatic hydroxyl groups is 1. The molecule has 0 amide bonds. The predicted molar refractivity (Wildman–Crippen MR) is 71.8 cm³/mol. The molecule has 0 saturated carbocycles. The molecule has 1 saturated heterocycles. The molecule has 1 aromatic carbocycles. The SMILES string of the molecule is CCCC1(O)CN(CC=Cc2ccccc2)C1. The molecule has 2 nitrogen and oxygen atoms in total. The van der Waals surface area contributed by atoms with Crippen molar-refractivity contribution in [2.45, 2.75) is 25.4 Å². The quantitative estimate of drug-likeness (QED) is 0.842. The lowest BCUT2D eigenvalue weighted by Crippen LogP contribution is -2.61. The molecule has 1 aliphatic heterocycles. The highest BCUT2D eigenvalue weighted by Crippen LogP contribution is 2.25. The van der Waals surface area contributed by atoms with Crippen LogP contribution in [-0.4, -0.2) is 35.2 Å². The molecule has 0 aliphatic carbocycles. The monoisotopic (exact) mass is 231 g/mol. The highest BCUT2D eigenvalue weighted by Gasteiger charge is 2.39. The summed E-state index contributed by atoms with van der Waals surface area (Å²) in [7, 11) is 0. The van der Waals surface area contributed by atoms with E-state index in [-0.39, 0.29) is 0 Å². The second kappa shape index (κ2) is 5.48. The maximum absolute atomic E-state index is 10.0. The van der Waals surface area contributed by atoms with Crippen LogP contribution in [0.25, 0.3) is 6.08 Å². The van der Waals surface area contributed by atoms with Gasteiger partial charge in [0, 0.05) is 19.6 Å². The fraction of sp³-hybridized carbons (Fsp3) is 0.467. The van der Waals surface area contributed by atoms with Gasteiger partial charge in [-0.3, -0.25) is 4.90 Å². The average molecular weight is 231 g/mol. The molecule has 1 heterocycles. The Morgan fingerprint density at radius 1 is 1.29 bits per heavy atom. The van der Waals surface area contributed by atoms with Crippen LogP contribution in [0.4, 0.5) is 0 Å². The Kier molecular flexibility index (Phi) is 3.97. The van der Waals surface area contributed by atoms with Crippen LogP contribution in [0.15, 0.2) is 36.4 Å². The molecule has 2 rings (SSSR count). The summed E-state index contributed by atoms with van der Waals surface area (Å²) in [6.45, 7) is 4.69. The van der Waals surface area contributed by atoms with Crippen molar-refractivity contribution >= 4 is 6.08 Å². The van der Waals surface area contributed by atoms with E-state index in [4.69, 9.17) is 0 Å². The van der Waals surface area contributed by atoms with Gasteiger partial charge in [-0.2, -0.15) is 0 Å². The van der Waals surface area contributed by atoms with Crippen molar-refractivity contribution in [3.05, 3.63) is 42.0 Å². The molecular weight excluding hydrogens is 210 g/mol. The van der Waals surface area contributed by atoms with Gasteiger partial charge in [0.1, 0.15) is 0 Å². The lowest BCUT2D eigenvalue weighted by molar-refractivity contribution is -0.0977. The van der Waals surface area contributed by atoms with Crippen molar-refractivity contribution in [3.63, 3.8) is 0 Å². The third-order valence-corrected chi connectivity index (χ3v) is 3.22. The van der Waals surface area contributed by atoms with Gasteiger partial charge in [-0.05, 0) is 12.0 Å². The molecule has 0 aromatic heterocycles. The molecule has 92 valence electrons. The Morgan fingerprint density at radius 2 is 2.00 bits per heavy atom. The van der Waals surface area contributed by atoms with Crippen LogP contribution in [0.1, 0.15) is 25.3 Å². The van der Waals surface area contributed by atoms with Crippen molar-refractivity contribution in [1.29, 1.82) is 0 Å². The second-order valence-electron chi connectivity index (χ2n) is 4.96. The number of β-amino-alcohol motifs (C(OH)–C–C–N with tert-alkyl or cyclic N) is 1. The molecule has 0 spiro atoms. The number of rotatable bonds is 5. The summed E-state index contributed by atoms with van der Waals surface area (Å²) in [4.78, 5) is 2.27. The van der Waals surface area contributed by atoms with Crippen LogP contribution in [0.3, 0.4) is 0 Å². The summed E-state index contributed by atoms with van der Waals surface area (Å²) in [5, 5.41) is 10.0. The van der Waals surface area contributed by atoms with Crippen LogP contribution in [0.5, 0.6) is 0 Å². The Bertz CT molecular complexity index is 366. The molecule has 0 unspecified atom stereocenters. The summed E-state index contributed by atoms with van der Waals surface area (Å²) < 4.78 is 0. The lowest BCUT2D eigenvalue weighted by Gasteiger charge is -2.46. The maximum Gasteiger partial charge on any atom is 0.0900 e. The van der Waals surface area contributed by atoms with E-state index in [1.165, 1.54) is 5.56 Å². The second-order valence-corrected chi connectivity index (χ2v) is 4.96. The number of nitrogens with zero attached hydrogens (tertiary/aromatic N) is 1. The maximum atomic E-state index is 10.0. The molecule has 0 bridgehead atoms. The van der Waals surface area contributed by atoms with E-state index in [2.05, 4.69) is 36.1 Å². The van der Waals surface area contributed by atoms with Crippen LogP contribution in [0.2, 0.25) is 0 Å². The Labute approximate surface area is 104 Å². The highest BCUT2D eigenvalue weighted by atomic mass is 16.3. The molecule has 2 heteroatoms. The molecule has 1 aromatic rings. The van der Waals surface area contributed by atoms with Crippen LogP contribution in [0, 0.1) is 0 Å². The Balaban J connectivity index is 1.73. The largest absolute Gasteiger partial charge is 0.387 e. The van der Waals surface area contributed by atoms with Gasteiger partial charge in [-0.1, -0.05) is 55.8 Å². The normalized spacial score (nSPS) is 19.4. The third kappa shape index (κ3) is 3.42. The molecule has 1 aliphatic rings. The standard InChI is InChI=1S/C15H21NO/c1-2-10-15(17)12-16(13-15)11-6-9-14-7-4-3-5-8-14/h3-9,17H,2,10-13H2,1H3. The molecule has 0 atom stereocenters. The summed E-state index contributed by atoms with van der Waals surface area (Å²) in [6, 6.07) is 10.3. The average Bonchev–Trinajstić information content (AvgIpc) is 2.28. The van der Waals surface area contributed by atoms with Gasteiger partial charge < -0.3 is 5.11 Å². The number of likely N-dealkylation sites (tertiary alicyclic amines) is 1. The number of hydrogen-bond donors (Lipinski definition) is 1. The minimum Gasteiger partial charge on any atom is -0.387 e. The van der Waals surface area contributed by atoms with Crippen molar-refractivity contribution in [3.8, 4) is 0 Å². The summed E-state index contributed by atoms with van der Waals surface area (Å²) >= 11 is 0. The zero-order valence-electron chi connectivity index (χ0n) is 10.5. The molecule has 0 radical (unpaired) electrons. The van der Waals surface area contributed by atoms with Crippen molar-refractivity contribution in [1.82, 2.24) is 4.90 Å². The Morgan fingerprint density at radius 3 is 2.65 bits per heavy atom. The van der Waals surface area contributed by atoms with E-state index >= 15 is 0 Å². The van der Waals surface area contributed by atoms with Crippen LogP contribution in [-0.2, 0) is 0 Å². The van der Waals surface area contributed by atoms with Gasteiger partial charge >= 0.3 is 0 Å². The fourth-order valence-electron chi connectivity index (χ4n) is 2.44. The van der Waals surface area contributed by atoms with Gasteiger partial charge in [0.15, 0.2) is 0 Å². The number of benzene rings is 1. The van der Waals surface area contributed by atoms with E-state index in [0.717, 1.165) is 32.5 Å². The highest BCUT2D eigenvalue weighted by molar-refractivity contribution is 5.48. The summed E-state index contributed by atoms with van der Waals surface area (Å²) in [5.74, 6) is 0. The van der Waals surface area contributed by atoms with E-state index in [0.29, 0.717) is 0 Å². The van der Waals surface area contributed by atoms with Crippen molar-refractivity contribution in [2.75, 3.05) is 19.6 Å². The van der Waals surface area contributed by atoms with E-state index in [1.807, 2.05) is 18.2 Å². The van der Waals surface area contributed by atoms with Crippen molar-refractivity contribution in [2.24, 2.45) is 0 Å². The molecule has 1 N–H and O–H groups in total. The summed E-state index contributed by atoms with van der Waals surface area (Å²) in [6.07, 6.45) is 6.29. The Hall–Kier alpha value is -1.12. The zero-order valence-corrected chi connectivity index (χ0v) is 10.5. The summed E-state index contributed by atoms with van der Waals surface area (Å²) in [5.41, 5.74) is 0.826. The fourth-order valence-corrected chi connectivity index (χ4v) is 2.44.